The first-order valence-electron chi connectivity index (χ1n) is 10.7. The summed E-state index contributed by atoms with van der Waals surface area (Å²) in [7, 11) is -2.89. The predicted molar refractivity (Wildman–Crippen MR) is 123 cm³/mol. The molecule has 1 aromatic carbocycles. The minimum Gasteiger partial charge on any atom is -0.493 e. The maximum atomic E-state index is 12.5. The number of aromatic hydroxyl groups is 1. The van der Waals surface area contributed by atoms with Gasteiger partial charge in [0.1, 0.15) is 0 Å². The van der Waals surface area contributed by atoms with Gasteiger partial charge in [0, 0.05) is 31.2 Å². The van der Waals surface area contributed by atoms with Crippen molar-refractivity contribution in [3.63, 3.8) is 0 Å². The fraction of sp³-hybridized carbons (Fsp3) is 0.391. The Labute approximate surface area is 187 Å². The topological polar surface area (TPSA) is 97.4 Å². The van der Waals surface area contributed by atoms with Gasteiger partial charge in [-0.15, -0.1) is 0 Å². The second-order valence-electron chi connectivity index (χ2n) is 8.50. The molecule has 0 spiro atoms. The smallest absolute Gasteiger partial charge is 0.331 e. The zero-order chi connectivity index (χ0) is 22.9. The molecule has 0 atom stereocenters. The van der Waals surface area contributed by atoms with Gasteiger partial charge in [-0.2, -0.15) is 0 Å². The van der Waals surface area contributed by atoms with E-state index in [0.717, 1.165) is 22.5 Å². The van der Waals surface area contributed by atoms with E-state index in [0.29, 0.717) is 26.2 Å². The molecule has 0 amide bonds. The highest BCUT2D eigenvalue weighted by Crippen LogP contribution is 2.20. The molecule has 3 aromatic rings. The number of nitrogens with zero attached hydrogens (tertiary/aromatic N) is 4. The third kappa shape index (κ3) is 4.94. The highest BCUT2D eigenvalue weighted by atomic mass is 32.2. The van der Waals surface area contributed by atoms with Crippen molar-refractivity contribution in [1.29, 1.82) is 0 Å². The van der Waals surface area contributed by atoms with E-state index in [1.165, 1.54) is 15.3 Å². The van der Waals surface area contributed by atoms with Crippen LogP contribution in [0.15, 0.2) is 53.5 Å². The lowest BCUT2D eigenvalue weighted by atomic mass is 10.1. The molecule has 9 heteroatoms. The van der Waals surface area contributed by atoms with E-state index < -0.39 is 9.84 Å². The van der Waals surface area contributed by atoms with Crippen LogP contribution in [-0.4, -0.2) is 57.1 Å². The normalized spacial score (nSPS) is 16.5. The Morgan fingerprint density at radius 1 is 1.03 bits per heavy atom. The van der Waals surface area contributed by atoms with Gasteiger partial charge in [0.15, 0.2) is 9.84 Å². The minimum absolute atomic E-state index is 0.0334. The maximum absolute atomic E-state index is 12.5. The summed E-state index contributed by atoms with van der Waals surface area (Å²) in [4.78, 5) is 19.3. The van der Waals surface area contributed by atoms with Crippen molar-refractivity contribution in [1.82, 2.24) is 19.0 Å². The Morgan fingerprint density at radius 2 is 1.72 bits per heavy atom. The van der Waals surface area contributed by atoms with Crippen LogP contribution in [0.2, 0.25) is 0 Å². The molecule has 0 unspecified atom stereocenters. The number of pyridine rings is 1. The van der Waals surface area contributed by atoms with E-state index in [4.69, 9.17) is 4.98 Å². The van der Waals surface area contributed by atoms with Crippen molar-refractivity contribution in [2.24, 2.45) is 0 Å². The number of sulfone groups is 1. The Bertz CT molecular complexity index is 1250. The fourth-order valence-corrected chi connectivity index (χ4v) is 5.21. The molecule has 1 aliphatic rings. The van der Waals surface area contributed by atoms with Gasteiger partial charge in [-0.25, -0.2) is 13.2 Å². The lowest BCUT2D eigenvalue weighted by molar-refractivity contribution is 0.284. The van der Waals surface area contributed by atoms with Crippen molar-refractivity contribution in [2.45, 2.75) is 33.0 Å². The Hall–Kier alpha value is -2.91. The number of hydrogen-bond acceptors (Lipinski definition) is 6. The summed E-state index contributed by atoms with van der Waals surface area (Å²) in [6, 6.07) is 13.6. The first-order chi connectivity index (χ1) is 15.2. The van der Waals surface area contributed by atoms with Crippen LogP contribution < -0.4 is 5.69 Å². The molecule has 4 rings (SSSR count). The highest BCUT2D eigenvalue weighted by molar-refractivity contribution is 7.91. The van der Waals surface area contributed by atoms with Crippen LogP contribution in [0.1, 0.15) is 31.1 Å². The lowest BCUT2D eigenvalue weighted by Gasteiger charge is -2.26. The van der Waals surface area contributed by atoms with Gasteiger partial charge < -0.3 is 5.11 Å². The molecule has 3 heterocycles. The third-order valence-electron chi connectivity index (χ3n) is 5.72. The van der Waals surface area contributed by atoms with E-state index in [9.17, 15) is 18.3 Å². The van der Waals surface area contributed by atoms with E-state index in [1.807, 2.05) is 56.3 Å². The molecule has 0 radical (unpaired) electrons. The summed E-state index contributed by atoms with van der Waals surface area (Å²) >= 11 is 0. The van der Waals surface area contributed by atoms with Crippen LogP contribution in [0.25, 0.3) is 11.3 Å². The highest BCUT2D eigenvalue weighted by Gasteiger charge is 2.21. The maximum Gasteiger partial charge on any atom is 0.331 e. The van der Waals surface area contributed by atoms with Gasteiger partial charge >= 0.3 is 5.69 Å². The second-order valence-corrected chi connectivity index (χ2v) is 10.8. The van der Waals surface area contributed by atoms with Gasteiger partial charge in [0.2, 0.25) is 5.88 Å². The zero-order valence-electron chi connectivity index (χ0n) is 18.3. The van der Waals surface area contributed by atoms with Gasteiger partial charge in [-0.1, -0.05) is 30.3 Å². The first-order valence-corrected chi connectivity index (χ1v) is 12.5. The van der Waals surface area contributed by atoms with Crippen molar-refractivity contribution in [3.8, 4) is 17.1 Å². The SMILES string of the molecule is CC(C)n1c(O)cn(Cc2ccc(-c3cccc(CN4CCS(=O)(=O)CC4)n3)cc2)c1=O. The van der Waals surface area contributed by atoms with E-state index in [2.05, 4.69) is 4.90 Å². The van der Waals surface area contributed by atoms with Crippen molar-refractivity contribution < 1.29 is 13.5 Å². The molecule has 8 nitrogen and oxygen atoms in total. The molecule has 1 fully saturated rings. The summed E-state index contributed by atoms with van der Waals surface area (Å²) in [5.74, 6) is 0.374. The molecule has 2 aromatic heterocycles. The van der Waals surface area contributed by atoms with E-state index in [-0.39, 0.29) is 29.1 Å². The predicted octanol–water partition coefficient (Wildman–Crippen LogP) is 2.28. The zero-order valence-corrected chi connectivity index (χ0v) is 19.1. The molecule has 0 bridgehead atoms. The Morgan fingerprint density at radius 3 is 2.34 bits per heavy atom. The van der Waals surface area contributed by atoms with Crippen molar-refractivity contribution >= 4 is 9.84 Å². The van der Waals surface area contributed by atoms with Crippen LogP contribution >= 0.6 is 0 Å². The molecule has 0 aliphatic carbocycles. The molecular formula is C23H28N4O4S. The standard InChI is InChI=1S/C23H28N4O4S/c1-17(2)27-22(28)16-26(23(27)29)14-18-6-8-19(9-7-18)21-5-3-4-20(24-21)15-25-10-12-32(30,31)13-11-25/h3-9,16-17,28H,10-15H2,1-2H3. The van der Waals surface area contributed by atoms with Crippen LogP contribution in [0.3, 0.4) is 0 Å². The monoisotopic (exact) mass is 456 g/mol. The summed E-state index contributed by atoms with van der Waals surface area (Å²) in [5.41, 5.74) is 3.43. The fourth-order valence-electron chi connectivity index (χ4n) is 3.94. The van der Waals surface area contributed by atoms with Crippen molar-refractivity contribution in [2.75, 3.05) is 24.6 Å². The van der Waals surface area contributed by atoms with E-state index >= 15 is 0 Å². The average molecular weight is 457 g/mol. The summed E-state index contributed by atoms with van der Waals surface area (Å²) in [5, 5.41) is 10.0. The van der Waals surface area contributed by atoms with Crippen LogP contribution in [0.5, 0.6) is 5.88 Å². The van der Waals surface area contributed by atoms with Gasteiger partial charge in [0.25, 0.3) is 0 Å². The minimum atomic E-state index is -2.89. The van der Waals surface area contributed by atoms with Gasteiger partial charge in [-0.3, -0.25) is 19.0 Å². The van der Waals surface area contributed by atoms with Gasteiger partial charge in [-0.05, 0) is 31.5 Å². The summed E-state index contributed by atoms with van der Waals surface area (Å²) in [6.07, 6.45) is 1.47. The average Bonchev–Trinajstić information content (AvgIpc) is 3.03. The number of benzene rings is 1. The van der Waals surface area contributed by atoms with Crippen molar-refractivity contribution in [3.05, 3.63) is 70.4 Å². The third-order valence-corrected chi connectivity index (χ3v) is 7.33. The molecule has 1 N–H and O–H groups in total. The Balaban J connectivity index is 1.46. The number of hydrogen-bond donors (Lipinski definition) is 1. The number of aromatic nitrogens is 3. The second kappa shape index (κ2) is 8.91. The molecule has 32 heavy (non-hydrogen) atoms. The largest absolute Gasteiger partial charge is 0.493 e. The van der Waals surface area contributed by atoms with Gasteiger partial charge in [0.05, 0.1) is 35.6 Å². The number of rotatable bonds is 6. The molecule has 1 aliphatic heterocycles. The molecule has 0 saturated carbocycles. The summed E-state index contributed by atoms with van der Waals surface area (Å²) < 4.78 is 26.1. The van der Waals surface area contributed by atoms with Crippen LogP contribution in [-0.2, 0) is 22.9 Å². The first kappa shape index (κ1) is 22.3. The molecule has 170 valence electrons. The summed E-state index contributed by atoms with van der Waals surface area (Å²) in [6.45, 7) is 5.79. The lowest BCUT2D eigenvalue weighted by Crippen LogP contribution is -2.39. The van der Waals surface area contributed by atoms with Crippen LogP contribution in [0, 0.1) is 0 Å². The molecular weight excluding hydrogens is 428 g/mol. The van der Waals surface area contributed by atoms with E-state index in [1.54, 1.807) is 0 Å². The van der Waals surface area contributed by atoms with Crippen LogP contribution in [0.4, 0.5) is 0 Å². The Kier molecular flexibility index (Phi) is 6.21. The molecule has 1 saturated heterocycles. The quantitative estimate of drug-likeness (QED) is 0.611. The number of imidazole rings is 1.